The third kappa shape index (κ3) is 3.95. The van der Waals surface area contributed by atoms with E-state index in [1.54, 1.807) is 7.11 Å². The molecule has 0 radical (unpaired) electrons. The summed E-state index contributed by atoms with van der Waals surface area (Å²) in [6.45, 7) is 4.78. The maximum absolute atomic E-state index is 12.4. The molecule has 2 fully saturated rings. The van der Waals surface area contributed by atoms with Crippen LogP contribution in [0, 0.1) is 0 Å². The van der Waals surface area contributed by atoms with Gasteiger partial charge in [-0.1, -0.05) is 6.92 Å². The topological polar surface area (TPSA) is 59.1 Å². The van der Waals surface area contributed by atoms with E-state index in [0.717, 1.165) is 25.8 Å². The van der Waals surface area contributed by atoms with Gasteiger partial charge in [-0.25, -0.2) is 0 Å². The van der Waals surface area contributed by atoms with Crippen molar-refractivity contribution in [1.29, 1.82) is 0 Å². The first-order valence-electron chi connectivity index (χ1n) is 7.83. The highest BCUT2D eigenvalue weighted by Crippen LogP contribution is 2.24. The minimum absolute atomic E-state index is 0.0280. The zero-order valence-corrected chi connectivity index (χ0v) is 13.0. The van der Waals surface area contributed by atoms with Crippen molar-refractivity contribution in [3.05, 3.63) is 0 Å². The Bertz CT molecular complexity index is 369. The third-order valence-electron chi connectivity index (χ3n) is 4.35. The minimum atomic E-state index is 0.0280. The maximum atomic E-state index is 12.4. The lowest BCUT2D eigenvalue weighted by Crippen LogP contribution is -2.51. The number of carbonyl (C=O) groups excluding carboxylic acids is 2. The molecular formula is C15H26N2O4. The van der Waals surface area contributed by atoms with Gasteiger partial charge < -0.3 is 19.3 Å². The first kappa shape index (κ1) is 16.2. The number of ether oxygens (including phenoxy) is 2. The van der Waals surface area contributed by atoms with Gasteiger partial charge in [0.2, 0.25) is 11.8 Å². The number of hydrogen-bond donors (Lipinski definition) is 0. The second kappa shape index (κ2) is 7.75. The van der Waals surface area contributed by atoms with Gasteiger partial charge in [-0.3, -0.25) is 9.59 Å². The number of carbonyl (C=O) groups is 2. The summed E-state index contributed by atoms with van der Waals surface area (Å²) in [5.74, 6) is 0.198. The Morgan fingerprint density at radius 1 is 1.24 bits per heavy atom. The molecule has 2 aliphatic heterocycles. The molecule has 21 heavy (non-hydrogen) atoms. The summed E-state index contributed by atoms with van der Waals surface area (Å²) in [6.07, 6.45) is 3.12. The van der Waals surface area contributed by atoms with E-state index in [4.69, 9.17) is 9.47 Å². The first-order chi connectivity index (χ1) is 10.2. The Morgan fingerprint density at radius 2 is 1.95 bits per heavy atom. The van der Waals surface area contributed by atoms with Crippen molar-refractivity contribution in [2.45, 2.75) is 44.7 Å². The SMILES string of the molecule is CCC(=O)N1CCC(N(C(=O)COC)C2CCOCC2)C1. The Morgan fingerprint density at radius 3 is 2.57 bits per heavy atom. The molecule has 1 unspecified atom stereocenters. The number of likely N-dealkylation sites (tertiary alicyclic amines) is 1. The van der Waals surface area contributed by atoms with Crippen LogP contribution in [0.25, 0.3) is 0 Å². The van der Waals surface area contributed by atoms with E-state index < -0.39 is 0 Å². The summed E-state index contributed by atoms with van der Waals surface area (Å²) in [5.41, 5.74) is 0. The van der Waals surface area contributed by atoms with E-state index in [2.05, 4.69) is 0 Å². The van der Waals surface area contributed by atoms with E-state index in [-0.39, 0.29) is 30.5 Å². The molecule has 0 bridgehead atoms. The fourth-order valence-electron chi connectivity index (χ4n) is 3.29. The molecule has 1 atom stereocenters. The quantitative estimate of drug-likeness (QED) is 0.748. The number of rotatable bonds is 5. The monoisotopic (exact) mass is 298 g/mol. The standard InChI is InChI=1S/C15H26N2O4/c1-3-14(18)16-7-4-13(10-16)17(15(19)11-20-2)12-5-8-21-9-6-12/h12-13H,3-11H2,1-2H3. The number of methoxy groups -OCH3 is 1. The van der Waals surface area contributed by atoms with Crippen LogP contribution in [0.2, 0.25) is 0 Å². The molecule has 0 spiro atoms. The molecule has 2 heterocycles. The zero-order chi connectivity index (χ0) is 15.2. The van der Waals surface area contributed by atoms with Crippen molar-refractivity contribution in [3.63, 3.8) is 0 Å². The van der Waals surface area contributed by atoms with Crippen LogP contribution in [0.5, 0.6) is 0 Å². The van der Waals surface area contributed by atoms with Gasteiger partial charge in [0.1, 0.15) is 6.61 Å². The second-order valence-electron chi connectivity index (χ2n) is 5.71. The third-order valence-corrected chi connectivity index (χ3v) is 4.35. The van der Waals surface area contributed by atoms with Gasteiger partial charge in [-0.15, -0.1) is 0 Å². The number of hydrogen-bond acceptors (Lipinski definition) is 4. The molecule has 6 heteroatoms. The van der Waals surface area contributed by atoms with Gasteiger partial charge in [0.05, 0.1) is 6.04 Å². The van der Waals surface area contributed by atoms with Crippen molar-refractivity contribution >= 4 is 11.8 Å². The summed E-state index contributed by atoms with van der Waals surface area (Å²) in [6, 6.07) is 0.328. The lowest BCUT2D eigenvalue weighted by Gasteiger charge is -2.38. The molecule has 0 aromatic heterocycles. The van der Waals surface area contributed by atoms with Crippen LogP contribution in [0.15, 0.2) is 0 Å². The lowest BCUT2D eigenvalue weighted by atomic mass is 10.0. The van der Waals surface area contributed by atoms with E-state index in [0.29, 0.717) is 26.2 Å². The predicted octanol–water partition coefficient (Wildman–Crippen LogP) is 0.651. The fourth-order valence-corrected chi connectivity index (χ4v) is 3.29. The van der Waals surface area contributed by atoms with E-state index in [9.17, 15) is 9.59 Å². The fraction of sp³-hybridized carbons (Fsp3) is 0.867. The van der Waals surface area contributed by atoms with Crippen molar-refractivity contribution in [2.75, 3.05) is 40.0 Å². The maximum Gasteiger partial charge on any atom is 0.249 e. The minimum Gasteiger partial charge on any atom is -0.381 e. The van der Waals surface area contributed by atoms with Crippen molar-refractivity contribution in [3.8, 4) is 0 Å². The Balaban J connectivity index is 2.04. The summed E-state index contributed by atoms with van der Waals surface area (Å²) < 4.78 is 10.4. The van der Waals surface area contributed by atoms with Gasteiger partial charge in [-0.2, -0.15) is 0 Å². The summed E-state index contributed by atoms with van der Waals surface area (Å²) in [4.78, 5) is 28.1. The molecule has 0 aliphatic carbocycles. The molecule has 0 aromatic rings. The van der Waals surface area contributed by atoms with Crippen molar-refractivity contribution < 1.29 is 19.1 Å². The molecular weight excluding hydrogens is 272 g/mol. The Labute approximate surface area is 126 Å². The van der Waals surface area contributed by atoms with E-state index >= 15 is 0 Å². The Hall–Kier alpha value is -1.14. The van der Waals surface area contributed by atoms with Crippen molar-refractivity contribution in [2.24, 2.45) is 0 Å². The Kier molecular flexibility index (Phi) is 5.99. The number of nitrogens with zero attached hydrogens (tertiary/aromatic N) is 2. The summed E-state index contributed by atoms with van der Waals surface area (Å²) in [7, 11) is 1.54. The molecule has 2 aliphatic rings. The highest BCUT2D eigenvalue weighted by Gasteiger charge is 2.36. The van der Waals surface area contributed by atoms with Crippen LogP contribution in [0.3, 0.4) is 0 Å². The molecule has 2 rings (SSSR count). The highest BCUT2D eigenvalue weighted by atomic mass is 16.5. The zero-order valence-electron chi connectivity index (χ0n) is 13.0. The number of amides is 2. The molecule has 0 N–H and O–H groups in total. The van der Waals surface area contributed by atoms with E-state index in [1.807, 2.05) is 16.7 Å². The molecule has 6 nitrogen and oxygen atoms in total. The summed E-state index contributed by atoms with van der Waals surface area (Å²) in [5, 5.41) is 0. The van der Waals surface area contributed by atoms with Crippen LogP contribution in [0.1, 0.15) is 32.6 Å². The second-order valence-corrected chi connectivity index (χ2v) is 5.71. The average molecular weight is 298 g/mol. The average Bonchev–Trinajstić information content (AvgIpc) is 2.97. The van der Waals surface area contributed by atoms with Gasteiger partial charge >= 0.3 is 0 Å². The molecule has 120 valence electrons. The smallest absolute Gasteiger partial charge is 0.249 e. The van der Waals surface area contributed by atoms with Crippen LogP contribution < -0.4 is 0 Å². The van der Waals surface area contributed by atoms with Crippen LogP contribution in [0.4, 0.5) is 0 Å². The molecule has 2 saturated heterocycles. The van der Waals surface area contributed by atoms with Gasteiger partial charge in [-0.05, 0) is 19.3 Å². The van der Waals surface area contributed by atoms with Gasteiger partial charge in [0.25, 0.3) is 0 Å². The molecule has 2 amide bonds. The highest BCUT2D eigenvalue weighted by molar-refractivity contribution is 5.79. The lowest BCUT2D eigenvalue weighted by molar-refractivity contribution is -0.143. The summed E-state index contributed by atoms with van der Waals surface area (Å²) >= 11 is 0. The molecule has 0 aromatic carbocycles. The molecule has 0 saturated carbocycles. The van der Waals surface area contributed by atoms with Crippen LogP contribution in [-0.2, 0) is 19.1 Å². The largest absolute Gasteiger partial charge is 0.381 e. The van der Waals surface area contributed by atoms with Crippen LogP contribution in [-0.4, -0.2) is 73.7 Å². The normalized spacial score (nSPS) is 23.3. The first-order valence-corrected chi connectivity index (χ1v) is 7.83. The predicted molar refractivity (Wildman–Crippen MR) is 77.8 cm³/mol. The van der Waals surface area contributed by atoms with E-state index in [1.165, 1.54) is 0 Å². The van der Waals surface area contributed by atoms with Crippen molar-refractivity contribution in [1.82, 2.24) is 9.80 Å². The van der Waals surface area contributed by atoms with Crippen LogP contribution >= 0.6 is 0 Å². The van der Waals surface area contributed by atoms with Gasteiger partial charge in [0, 0.05) is 45.9 Å². The van der Waals surface area contributed by atoms with Gasteiger partial charge in [0.15, 0.2) is 0 Å².